The zero-order chi connectivity index (χ0) is 30.1. The Kier molecular flexibility index (Phi) is 8.19. The minimum atomic E-state index is -1.21. The van der Waals surface area contributed by atoms with Crippen LogP contribution in [0.15, 0.2) is 21.7 Å². The second-order valence-corrected chi connectivity index (χ2v) is 10.8. The number of alkyl carbamates (subject to hydrolysis) is 1. The fourth-order valence-electron chi connectivity index (χ4n) is 4.79. The summed E-state index contributed by atoms with van der Waals surface area (Å²) in [6.45, 7) is 7.59. The lowest BCUT2D eigenvalue weighted by Gasteiger charge is -2.34. The number of anilines is 1. The minimum absolute atomic E-state index is 0.0170. The molecule has 1 unspecified atom stereocenters. The van der Waals surface area contributed by atoms with Gasteiger partial charge in [0.05, 0.1) is 24.7 Å². The van der Waals surface area contributed by atoms with Crippen molar-refractivity contribution >= 4 is 23.2 Å². The molecule has 0 saturated carbocycles. The monoisotopic (exact) mass is 567 g/mol. The number of rotatable bonds is 5. The second-order valence-electron chi connectivity index (χ2n) is 10.8. The van der Waals surface area contributed by atoms with E-state index < -0.39 is 41.1 Å². The third-order valence-corrected chi connectivity index (χ3v) is 6.65. The predicted octanol–water partition coefficient (Wildman–Crippen LogP) is 2.61. The molecule has 1 aliphatic rings. The molecule has 1 aromatic carbocycles. The predicted molar refractivity (Wildman–Crippen MR) is 147 cm³/mol. The molecule has 1 amide bonds. The molecule has 1 atom stereocenters. The number of ether oxygens (including phenoxy) is 1. The summed E-state index contributed by atoms with van der Waals surface area (Å²) < 4.78 is 36.8. The van der Waals surface area contributed by atoms with Gasteiger partial charge in [0, 0.05) is 26.2 Å². The van der Waals surface area contributed by atoms with E-state index in [0.717, 1.165) is 23.1 Å². The van der Waals surface area contributed by atoms with Gasteiger partial charge in [0.15, 0.2) is 22.8 Å². The van der Waals surface area contributed by atoms with Crippen molar-refractivity contribution in [3.8, 4) is 17.9 Å². The molecule has 3 heterocycles. The van der Waals surface area contributed by atoms with Gasteiger partial charge in [-0.25, -0.2) is 18.4 Å². The topological polar surface area (TPSA) is 127 Å². The Balaban J connectivity index is 1.79. The number of aryl methyl sites for hydroxylation is 1. The molecule has 0 aliphatic carbocycles. The Bertz CT molecular complexity index is 1730. The molecule has 0 spiro atoms. The normalized spacial score (nSPS) is 15.3. The van der Waals surface area contributed by atoms with E-state index in [-0.39, 0.29) is 34.9 Å². The molecule has 1 N–H and O–H groups in total. The molecule has 0 radical (unpaired) electrons. The van der Waals surface area contributed by atoms with Crippen LogP contribution in [0.2, 0.25) is 0 Å². The number of hydrogen-bond acceptors (Lipinski definition) is 7. The lowest BCUT2D eigenvalue weighted by molar-refractivity contribution is 0.0499. The Morgan fingerprint density at radius 2 is 1.93 bits per heavy atom. The van der Waals surface area contributed by atoms with E-state index in [1.54, 1.807) is 38.3 Å². The molecule has 1 fully saturated rings. The number of amides is 1. The number of nitrogens with one attached hydrogen (secondary N) is 1. The Hall–Kier alpha value is -4.65. The van der Waals surface area contributed by atoms with Gasteiger partial charge in [0.1, 0.15) is 5.60 Å². The number of carbonyl (C=O) groups excluding carboxylic acids is 1. The lowest BCUT2D eigenvalue weighted by Crippen LogP contribution is -2.49. The van der Waals surface area contributed by atoms with E-state index in [1.165, 1.54) is 11.6 Å². The molecule has 13 heteroatoms. The van der Waals surface area contributed by atoms with Crippen molar-refractivity contribution in [2.75, 3.05) is 18.0 Å². The van der Waals surface area contributed by atoms with Gasteiger partial charge in [-0.2, -0.15) is 10.2 Å². The van der Waals surface area contributed by atoms with Crippen molar-refractivity contribution < 1.29 is 18.3 Å². The second kappa shape index (κ2) is 11.5. The summed E-state index contributed by atoms with van der Waals surface area (Å²) >= 11 is 0. The lowest BCUT2D eigenvalue weighted by atomic mass is 10.1. The Labute approximate surface area is 234 Å². The van der Waals surface area contributed by atoms with E-state index in [2.05, 4.69) is 22.1 Å². The summed E-state index contributed by atoms with van der Waals surface area (Å²) in [5.74, 6) is 3.74. The summed E-state index contributed by atoms with van der Waals surface area (Å²) in [6, 6.07) is 3.07. The van der Waals surface area contributed by atoms with Crippen LogP contribution in [0.4, 0.5) is 19.5 Å². The molecule has 1 aliphatic heterocycles. The van der Waals surface area contributed by atoms with Crippen LogP contribution >= 0.6 is 0 Å². The average Bonchev–Trinajstić information content (AvgIpc) is 3.29. The van der Waals surface area contributed by atoms with Gasteiger partial charge in [-0.15, -0.1) is 5.92 Å². The molecule has 216 valence electrons. The fraction of sp³-hybridized carbons (Fsp3) is 0.464. The third kappa shape index (κ3) is 6.09. The van der Waals surface area contributed by atoms with Crippen LogP contribution < -0.4 is 21.5 Å². The van der Waals surface area contributed by atoms with Crippen molar-refractivity contribution in [2.45, 2.75) is 65.3 Å². The SMILES string of the molecule is CC#CCn1c(N2CCCC(NC(=O)OC(C)(C)C)C2)nc2c1c(=O)n(Cc1cc(F)c(F)cc1C#N)c(=O)n2C. The van der Waals surface area contributed by atoms with E-state index >= 15 is 0 Å². The highest BCUT2D eigenvalue weighted by Gasteiger charge is 2.29. The highest BCUT2D eigenvalue weighted by atomic mass is 19.2. The first-order valence-corrected chi connectivity index (χ1v) is 13.1. The van der Waals surface area contributed by atoms with Crippen LogP contribution in [0.5, 0.6) is 0 Å². The third-order valence-electron chi connectivity index (χ3n) is 6.65. The maximum Gasteiger partial charge on any atom is 0.407 e. The number of hydrogen-bond donors (Lipinski definition) is 1. The number of aromatic nitrogens is 4. The highest BCUT2D eigenvalue weighted by molar-refractivity contribution is 5.75. The smallest absolute Gasteiger partial charge is 0.407 e. The summed E-state index contributed by atoms with van der Waals surface area (Å²) in [5.41, 5.74) is -2.10. The van der Waals surface area contributed by atoms with Gasteiger partial charge in [-0.05, 0) is 58.2 Å². The van der Waals surface area contributed by atoms with Gasteiger partial charge >= 0.3 is 11.8 Å². The molecule has 2 aromatic heterocycles. The van der Waals surface area contributed by atoms with Crippen LogP contribution in [0, 0.1) is 34.8 Å². The largest absolute Gasteiger partial charge is 0.444 e. The molecule has 0 bridgehead atoms. The number of halogens is 2. The number of carbonyl (C=O) groups is 1. The fourth-order valence-corrected chi connectivity index (χ4v) is 4.79. The number of benzene rings is 1. The quantitative estimate of drug-likeness (QED) is 0.470. The molecule has 3 aromatic rings. The van der Waals surface area contributed by atoms with Gasteiger partial charge in [-0.1, -0.05) is 5.92 Å². The Morgan fingerprint density at radius 1 is 1.22 bits per heavy atom. The standard InChI is InChI=1S/C28H31F2N7O4/c1-6-7-11-36-22-23(33-25(36)35-10-8-9-19(16-35)32-26(39)41-28(2,3)4)34(5)27(40)37(24(22)38)15-18-13-21(30)20(29)12-17(18)14-31/h12-13,19H,8-11,15-16H2,1-5H3,(H,32,39). The van der Waals surface area contributed by atoms with Crippen molar-refractivity contribution in [3.63, 3.8) is 0 Å². The summed E-state index contributed by atoms with van der Waals surface area (Å²) in [4.78, 5) is 46.0. The minimum Gasteiger partial charge on any atom is -0.444 e. The van der Waals surface area contributed by atoms with E-state index in [9.17, 15) is 28.4 Å². The van der Waals surface area contributed by atoms with E-state index in [1.807, 2.05) is 4.90 Å². The molecule has 11 nitrogen and oxygen atoms in total. The number of nitrogens with zero attached hydrogens (tertiary/aromatic N) is 6. The molecule has 41 heavy (non-hydrogen) atoms. The van der Waals surface area contributed by atoms with Gasteiger partial charge in [-0.3, -0.25) is 18.5 Å². The summed E-state index contributed by atoms with van der Waals surface area (Å²) in [6.07, 6.45) is 0.902. The average molecular weight is 568 g/mol. The van der Waals surface area contributed by atoms with Gasteiger partial charge in [0.2, 0.25) is 5.95 Å². The number of piperidine rings is 1. The molecular formula is C28H31F2N7O4. The summed E-state index contributed by atoms with van der Waals surface area (Å²) in [5, 5.41) is 12.3. The number of fused-ring (bicyclic) bond motifs is 1. The van der Waals surface area contributed by atoms with Crippen LogP contribution in [0.25, 0.3) is 11.2 Å². The van der Waals surface area contributed by atoms with E-state index in [0.29, 0.717) is 25.5 Å². The van der Waals surface area contributed by atoms with Crippen LogP contribution in [0.3, 0.4) is 0 Å². The molecule has 1 saturated heterocycles. The number of imidazole rings is 1. The Morgan fingerprint density at radius 3 is 2.59 bits per heavy atom. The zero-order valence-electron chi connectivity index (χ0n) is 23.5. The van der Waals surface area contributed by atoms with Crippen LogP contribution in [-0.2, 0) is 24.9 Å². The number of nitriles is 1. The van der Waals surface area contributed by atoms with Crippen molar-refractivity contribution in [1.29, 1.82) is 5.26 Å². The van der Waals surface area contributed by atoms with E-state index in [4.69, 9.17) is 4.74 Å². The summed E-state index contributed by atoms with van der Waals surface area (Å²) in [7, 11) is 1.45. The van der Waals surface area contributed by atoms with Crippen LogP contribution in [-0.4, -0.2) is 49.5 Å². The van der Waals surface area contributed by atoms with Gasteiger partial charge in [0.25, 0.3) is 5.56 Å². The van der Waals surface area contributed by atoms with Gasteiger partial charge < -0.3 is 15.0 Å². The molecule has 4 rings (SSSR count). The molecular weight excluding hydrogens is 536 g/mol. The van der Waals surface area contributed by atoms with Crippen molar-refractivity contribution in [2.24, 2.45) is 7.05 Å². The highest BCUT2D eigenvalue weighted by Crippen LogP contribution is 2.24. The first-order valence-electron chi connectivity index (χ1n) is 13.1. The first-order chi connectivity index (χ1) is 19.3. The first kappa shape index (κ1) is 29.3. The van der Waals surface area contributed by atoms with Crippen LogP contribution in [0.1, 0.15) is 51.7 Å². The maximum absolute atomic E-state index is 14.0. The van der Waals surface area contributed by atoms with Crippen molar-refractivity contribution in [3.05, 3.63) is 55.7 Å². The maximum atomic E-state index is 14.0. The van der Waals surface area contributed by atoms with Crippen molar-refractivity contribution in [1.82, 2.24) is 24.0 Å². The zero-order valence-corrected chi connectivity index (χ0v) is 23.5.